The maximum Gasteiger partial charge on any atom is 0.131 e. The highest BCUT2D eigenvalue weighted by atomic mass is 19.1. The van der Waals surface area contributed by atoms with Gasteiger partial charge in [-0.3, -0.25) is 5.84 Å². The topological polar surface area (TPSA) is 38.0 Å². The van der Waals surface area contributed by atoms with Gasteiger partial charge in [-0.2, -0.15) is 0 Å². The van der Waals surface area contributed by atoms with Crippen molar-refractivity contribution in [2.24, 2.45) is 5.84 Å². The largest absolute Gasteiger partial charge is 0.271 e. The van der Waals surface area contributed by atoms with Gasteiger partial charge in [-0.15, -0.1) is 0 Å². The van der Waals surface area contributed by atoms with Crippen LogP contribution in [0.25, 0.3) is 0 Å². The average molecular weight is 248 g/mol. The predicted octanol–water partition coefficient (Wildman–Crippen LogP) is 2.83. The zero-order valence-electron chi connectivity index (χ0n) is 9.95. The minimum atomic E-state index is -0.701. The lowest BCUT2D eigenvalue weighted by atomic mass is 9.95. The molecule has 0 fully saturated rings. The molecule has 0 saturated heterocycles. The van der Waals surface area contributed by atoms with Gasteiger partial charge in [-0.1, -0.05) is 30.3 Å². The molecule has 0 aliphatic carbocycles. The number of aryl methyl sites for hydroxylation is 1. The minimum absolute atomic E-state index is 0.0608. The molecule has 0 radical (unpaired) electrons. The Balaban J connectivity index is 2.56. The first kappa shape index (κ1) is 12.7. The molecule has 3 N–H and O–H groups in total. The number of rotatable bonds is 3. The van der Waals surface area contributed by atoms with Crippen molar-refractivity contribution in [2.45, 2.75) is 13.0 Å². The number of hydrazine groups is 1. The number of nitrogens with one attached hydrogen (secondary N) is 1. The molecule has 2 nitrogen and oxygen atoms in total. The quantitative estimate of drug-likeness (QED) is 0.647. The van der Waals surface area contributed by atoms with Gasteiger partial charge in [0.2, 0.25) is 0 Å². The second kappa shape index (κ2) is 5.25. The van der Waals surface area contributed by atoms with Gasteiger partial charge in [0.05, 0.1) is 6.04 Å². The van der Waals surface area contributed by atoms with Crippen LogP contribution in [0.15, 0.2) is 42.5 Å². The summed E-state index contributed by atoms with van der Waals surface area (Å²) in [7, 11) is 0. The fraction of sp³-hybridized carbons (Fsp3) is 0.143. The molecule has 2 aromatic rings. The third kappa shape index (κ3) is 2.25. The molecule has 18 heavy (non-hydrogen) atoms. The molecular formula is C14H14F2N2. The van der Waals surface area contributed by atoms with E-state index in [0.29, 0.717) is 0 Å². The van der Waals surface area contributed by atoms with Crippen molar-refractivity contribution in [1.82, 2.24) is 5.43 Å². The average Bonchev–Trinajstić information content (AvgIpc) is 2.35. The molecule has 2 rings (SSSR count). The van der Waals surface area contributed by atoms with Gasteiger partial charge in [0.25, 0.3) is 0 Å². The van der Waals surface area contributed by atoms with Gasteiger partial charge in [-0.05, 0) is 30.2 Å². The van der Waals surface area contributed by atoms with Crippen LogP contribution in [0.3, 0.4) is 0 Å². The zero-order valence-corrected chi connectivity index (χ0v) is 9.95. The zero-order chi connectivity index (χ0) is 13.1. The Kier molecular flexibility index (Phi) is 3.69. The summed E-state index contributed by atoms with van der Waals surface area (Å²) in [4.78, 5) is 0. The van der Waals surface area contributed by atoms with Crippen LogP contribution in [-0.4, -0.2) is 0 Å². The van der Waals surface area contributed by atoms with E-state index in [9.17, 15) is 8.78 Å². The van der Waals surface area contributed by atoms with Crippen LogP contribution in [0.4, 0.5) is 8.78 Å². The van der Waals surface area contributed by atoms with Gasteiger partial charge < -0.3 is 0 Å². The first-order valence-corrected chi connectivity index (χ1v) is 5.60. The Morgan fingerprint density at radius 3 is 2.17 bits per heavy atom. The maximum atomic E-state index is 13.8. The molecule has 0 aliphatic heterocycles. The second-order valence-electron chi connectivity index (χ2n) is 4.09. The number of halogens is 2. The van der Waals surface area contributed by atoms with Crippen LogP contribution >= 0.6 is 0 Å². The van der Waals surface area contributed by atoms with Crippen molar-refractivity contribution in [3.8, 4) is 0 Å². The molecule has 0 aromatic heterocycles. The molecule has 1 unspecified atom stereocenters. The van der Waals surface area contributed by atoms with E-state index in [1.54, 1.807) is 6.07 Å². The third-order valence-corrected chi connectivity index (χ3v) is 2.95. The van der Waals surface area contributed by atoms with Crippen molar-refractivity contribution >= 4 is 0 Å². The van der Waals surface area contributed by atoms with E-state index in [0.717, 1.165) is 11.1 Å². The normalized spacial score (nSPS) is 12.4. The molecule has 0 aliphatic rings. The van der Waals surface area contributed by atoms with E-state index in [-0.39, 0.29) is 5.56 Å². The van der Waals surface area contributed by atoms with E-state index in [4.69, 9.17) is 5.84 Å². The smallest absolute Gasteiger partial charge is 0.131 e. The summed E-state index contributed by atoms with van der Waals surface area (Å²) in [5.74, 6) is 4.24. The van der Waals surface area contributed by atoms with Gasteiger partial charge in [0.15, 0.2) is 0 Å². The summed E-state index contributed by atoms with van der Waals surface area (Å²) < 4.78 is 27.5. The highest BCUT2D eigenvalue weighted by Crippen LogP contribution is 2.28. The van der Waals surface area contributed by atoms with Gasteiger partial charge in [0, 0.05) is 5.56 Å². The Morgan fingerprint density at radius 1 is 1.00 bits per heavy atom. The Labute approximate surface area is 104 Å². The number of nitrogens with two attached hydrogens (primary N) is 1. The van der Waals surface area contributed by atoms with E-state index in [2.05, 4.69) is 5.43 Å². The lowest BCUT2D eigenvalue weighted by molar-refractivity contribution is 0.509. The second-order valence-corrected chi connectivity index (χ2v) is 4.09. The molecule has 1 atom stereocenters. The summed E-state index contributed by atoms with van der Waals surface area (Å²) in [6.07, 6.45) is 0. The van der Waals surface area contributed by atoms with Gasteiger partial charge >= 0.3 is 0 Å². The number of hydrogen-bond donors (Lipinski definition) is 2. The summed E-state index contributed by atoms with van der Waals surface area (Å²) >= 11 is 0. The SMILES string of the molecule is Cc1ccccc1C(NN)c1c(F)cccc1F. The van der Waals surface area contributed by atoms with Crippen LogP contribution < -0.4 is 11.3 Å². The summed E-state index contributed by atoms with van der Waals surface area (Å²) in [5, 5.41) is 0. The van der Waals surface area contributed by atoms with E-state index in [1.165, 1.54) is 18.2 Å². The summed E-state index contributed by atoms with van der Waals surface area (Å²) in [6, 6.07) is 10.4. The van der Waals surface area contributed by atoms with Crippen molar-refractivity contribution in [3.05, 3.63) is 70.8 Å². The number of hydrogen-bond acceptors (Lipinski definition) is 2. The molecule has 94 valence electrons. The molecule has 0 heterocycles. The number of benzene rings is 2. The van der Waals surface area contributed by atoms with Gasteiger partial charge in [0.1, 0.15) is 11.6 Å². The van der Waals surface area contributed by atoms with E-state index < -0.39 is 17.7 Å². The molecule has 0 amide bonds. The van der Waals surface area contributed by atoms with Gasteiger partial charge in [-0.25, -0.2) is 14.2 Å². The molecule has 0 bridgehead atoms. The molecular weight excluding hydrogens is 234 g/mol. The Bertz CT molecular complexity index is 535. The van der Waals surface area contributed by atoms with Crippen molar-refractivity contribution in [1.29, 1.82) is 0 Å². The van der Waals surface area contributed by atoms with Crippen LogP contribution in [0.1, 0.15) is 22.7 Å². The van der Waals surface area contributed by atoms with Crippen molar-refractivity contribution in [2.75, 3.05) is 0 Å². The minimum Gasteiger partial charge on any atom is -0.271 e. The lowest BCUT2D eigenvalue weighted by Crippen LogP contribution is -2.30. The highest BCUT2D eigenvalue weighted by molar-refractivity contribution is 5.37. The molecule has 4 heteroatoms. The van der Waals surface area contributed by atoms with Crippen molar-refractivity contribution < 1.29 is 8.78 Å². The standard InChI is InChI=1S/C14H14F2N2/c1-9-5-2-3-6-10(9)14(18-17)13-11(15)7-4-8-12(13)16/h2-8,14,18H,17H2,1H3. The summed E-state index contributed by atoms with van der Waals surface area (Å²) in [5.41, 5.74) is 4.09. The molecule has 0 saturated carbocycles. The first-order valence-electron chi connectivity index (χ1n) is 5.60. The third-order valence-electron chi connectivity index (χ3n) is 2.95. The molecule has 2 aromatic carbocycles. The van der Waals surface area contributed by atoms with E-state index >= 15 is 0 Å². The summed E-state index contributed by atoms with van der Waals surface area (Å²) in [6.45, 7) is 1.87. The maximum absolute atomic E-state index is 13.8. The predicted molar refractivity (Wildman–Crippen MR) is 66.7 cm³/mol. The fourth-order valence-electron chi connectivity index (χ4n) is 2.03. The van der Waals surface area contributed by atoms with Crippen LogP contribution in [-0.2, 0) is 0 Å². The van der Waals surface area contributed by atoms with Crippen LogP contribution in [0, 0.1) is 18.6 Å². The Morgan fingerprint density at radius 2 is 1.61 bits per heavy atom. The fourth-order valence-corrected chi connectivity index (χ4v) is 2.03. The Hall–Kier alpha value is -1.78. The first-order chi connectivity index (χ1) is 8.65. The lowest BCUT2D eigenvalue weighted by Gasteiger charge is -2.20. The monoisotopic (exact) mass is 248 g/mol. The van der Waals surface area contributed by atoms with Crippen molar-refractivity contribution in [3.63, 3.8) is 0 Å². The highest BCUT2D eigenvalue weighted by Gasteiger charge is 2.21. The molecule has 0 spiro atoms. The van der Waals surface area contributed by atoms with Crippen LogP contribution in [0.2, 0.25) is 0 Å². The van der Waals surface area contributed by atoms with E-state index in [1.807, 2.05) is 25.1 Å². The van der Waals surface area contributed by atoms with Crippen LogP contribution in [0.5, 0.6) is 0 Å².